The molecule has 1 fully saturated rings. The first-order valence-electron chi connectivity index (χ1n) is 6.63. The topological polar surface area (TPSA) is 84.7 Å². The molecule has 6 nitrogen and oxygen atoms in total. The Bertz CT molecular complexity index is 464. The van der Waals surface area contributed by atoms with Gasteiger partial charge < -0.3 is 20.7 Å². The molecule has 0 aromatic heterocycles. The first kappa shape index (κ1) is 14.3. The minimum atomic E-state index is -0.417. The summed E-state index contributed by atoms with van der Waals surface area (Å²) in [5, 5.41) is 3.14. The fourth-order valence-electron chi connectivity index (χ4n) is 2.22. The Morgan fingerprint density at radius 2 is 2.10 bits per heavy atom. The van der Waals surface area contributed by atoms with Crippen molar-refractivity contribution < 1.29 is 14.3 Å². The second-order valence-electron chi connectivity index (χ2n) is 4.76. The summed E-state index contributed by atoms with van der Waals surface area (Å²) in [6.07, 6.45) is -0.255. The van der Waals surface area contributed by atoms with Crippen LogP contribution in [0.1, 0.15) is 12.0 Å². The molecular formula is C14H19N3O3. The lowest BCUT2D eigenvalue weighted by atomic mass is 10.1. The predicted molar refractivity (Wildman–Crippen MR) is 73.8 cm³/mol. The molecule has 1 atom stereocenters. The van der Waals surface area contributed by atoms with Crippen LogP contribution in [0.2, 0.25) is 0 Å². The van der Waals surface area contributed by atoms with Crippen LogP contribution in [-0.2, 0) is 16.1 Å². The van der Waals surface area contributed by atoms with Crippen molar-refractivity contribution >= 4 is 12.0 Å². The van der Waals surface area contributed by atoms with Crippen molar-refractivity contribution in [2.45, 2.75) is 19.1 Å². The van der Waals surface area contributed by atoms with Gasteiger partial charge >= 0.3 is 6.09 Å². The maximum absolute atomic E-state index is 12.1. The van der Waals surface area contributed by atoms with E-state index in [9.17, 15) is 9.59 Å². The van der Waals surface area contributed by atoms with Gasteiger partial charge in [-0.1, -0.05) is 30.3 Å². The van der Waals surface area contributed by atoms with Crippen LogP contribution in [0.3, 0.4) is 0 Å². The molecular weight excluding hydrogens is 258 g/mol. The Hall–Kier alpha value is -2.08. The van der Waals surface area contributed by atoms with Gasteiger partial charge in [0.15, 0.2) is 0 Å². The minimum absolute atomic E-state index is 0.146. The zero-order valence-corrected chi connectivity index (χ0v) is 11.2. The van der Waals surface area contributed by atoms with Crippen LogP contribution in [0, 0.1) is 0 Å². The summed E-state index contributed by atoms with van der Waals surface area (Å²) in [5.41, 5.74) is 6.14. The number of hydrogen-bond donors (Lipinski definition) is 2. The first-order chi connectivity index (χ1) is 9.66. The van der Waals surface area contributed by atoms with Gasteiger partial charge in [0.25, 0.3) is 0 Å². The van der Waals surface area contributed by atoms with Crippen molar-refractivity contribution in [3.8, 4) is 0 Å². The second kappa shape index (κ2) is 6.91. The number of primary amides is 1. The third-order valence-corrected chi connectivity index (χ3v) is 3.23. The average molecular weight is 277 g/mol. The van der Waals surface area contributed by atoms with E-state index in [1.54, 1.807) is 4.90 Å². The number of piperazine rings is 1. The molecule has 0 radical (unpaired) electrons. The Morgan fingerprint density at radius 3 is 2.80 bits per heavy atom. The Balaban J connectivity index is 1.90. The summed E-state index contributed by atoms with van der Waals surface area (Å²) >= 11 is 0. The SMILES string of the molecule is NC(=O)CC1CNCCN1C(=O)OCc1ccccc1. The Labute approximate surface area is 117 Å². The molecule has 1 aliphatic rings. The summed E-state index contributed by atoms with van der Waals surface area (Å²) in [4.78, 5) is 24.7. The lowest BCUT2D eigenvalue weighted by Crippen LogP contribution is -2.54. The summed E-state index contributed by atoms with van der Waals surface area (Å²) in [7, 11) is 0. The van der Waals surface area contributed by atoms with Crippen molar-refractivity contribution in [3.05, 3.63) is 35.9 Å². The molecule has 3 N–H and O–H groups in total. The number of nitrogens with one attached hydrogen (secondary N) is 1. The molecule has 0 spiro atoms. The molecule has 6 heteroatoms. The smallest absolute Gasteiger partial charge is 0.410 e. The minimum Gasteiger partial charge on any atom is -0.445 e. The van der Waals surface area contributed by atoms with Gasteiger partial charge in [-0.15, -0.1) is 0 Å². The summed E-state index contributed by atoms with van der Waals surface area (Å²) in [6.45, 7) is 2.00. The Morgan fingerprint density at radius 1 is 1.35 bits per heavy atom. The van der Waals surface area contributed by atoms with Crippen LogP contribution >= 0.6 is 0 Å². The van der Waals surface area contributed by atoms with Crippen LogP contribution in [0.15, 0.2) is 30.3 Å². The van der Waals surface area contributed by atoms with Crippen LogP contribution in [0.25, 0.3) is 0 Å². The predicted octanol–water partition coefficient (Wildman–Crippen LogP) is 0.472. The van der Waals surface area contributed by atoms with E-state index < -0.39 is 12.0 Å². The number of ether oxygens (including phenoxy) is 1. The van der Waals surface area contributed by atoms with Crippen LogP contribution < -0.4 is 11.1 Å². The van der Waals surface area contributed by atoms with E-state index in [4.69, 9.17) is 10.5 Å². The molecule has 0 aliphatic carbocycles. The van der Waals surface area contributed by atoms with Crippen molar-refractivity contribution in [2.24, 2.45) is 5.73 Å². The highest BCUT2D eigenvalue weighted by molar-refractivity contribution is 5.76. The van der Waals surface area contributed by atoms with Crippen LogP contribution in [-0.4, -0.2) is 42.6 Å². The van der Waals surface area contributed by atoms with Crippen molar-refractivity contribution in [1.82, 2.24) is 10.2 Å². The van der Waals surface area contributed by atoms with E-state index in [0.29, 0.717) is 19.6 Å². The molecule has 2 rings (SSSR count). The highest BCUT2D eigenvalue weighted by Crippen LogP contribution is 2.10. The fraction of sp³-hybridized carbons (Fsp3) is 0.429. The third kappa shape index (κ3) is 3.96. The number of nitrogens with two attached hydrogens (primary N) is 1. The fourth-order valence-corrected chi connectivity index (χ4v) is 2.22. The van der Waals surface area contributed by atoms with Crippen LogP contribution in [0.5, 0.6) is 0 Å². The Kier molecular flexibility index (Phi) is 4.95. The standard InChI is InChI=1S/C14H19N3O3/c15-13(18)8-12-9-16-6-7-17(12)14(19)20-10-11-4-2-1-3-5-11/h1-5,12,16H,6-10H2,(H2,15,18). The lowest BCUT2D eigenvalue weighted by molar-refractivity contribution is -0.119. The molecule has 2 amide bonds. The number of rotatable bonds is 4. The molecule has 1 heterocycles. The third-order valence-electron chi connectivity index (χ3n) is 3.23. The van der Waals surface area contributed by atoms with E-state index in [2.05, 4.69) is 5.32 Å². The van der Waals surface area contributed by atoms with E-state index >= 15 is 0 Å². The molecule has 0 bridgehead atoms. The maximum Gasteiger partial charge on any atom is 0.410 e. The summed E-state index contributed by atoms with van der Waals surface area (Å²) in [6, 6.07) is 9.25. The summed E-state index contributed by atoms with van der Waals surface area (Å²) in [5.74, 6) is -0.417. The molecule has 20 heavy (non-hydrogen) atoms. The molecule has 1 aliphatic heterocycles. The monoisotopic (exact) mass is 277 g/mol. The van der Waals surface area contributed by atoms with Crippen molar-refractivity contribution in [2.75, 3.05) is 19.6 Å². The maximum atomic E-state index is 12.1. The molecule has 0 saturated carbocycles. The van der Waals surface area contributed by atoms with Gasteiger partial charge in [0.05, 0.1) is 6.04 Å². The number of hydrogen-bond acceptors (Lipinski definition) is 4. The molecule has 1 unspecified atom stereocenters. The number of amides is 2. The van der Waals surface area contributed by atoms with E-state index in [-0.39, 0.29) is 19.1 Å². The molecule has 1 saturated heterocycles. The summed E-state index contributed by atoms with van der Waals surface area (Å²) < 4.78 is 5.29. The van der Waals surface area contributed by atoms with Gasteiger partial charge in [-0.25, -0.2) is 4.79 Å². The second-order valence-corrected chi connectivity index (χ2v) is 4.76. The zero-order chi connectivity index (χ0) is 14.4. The van der Waals surface area contributed by atoms with E-state index in [0.717, 1.165) is 5.56 Å². The molecule has 1 aromatic rings. The van der Waals surface area contributed by atoms with Gasteiger partial charge in [-0.2, -0.15) is 0 Å². The number of nitrogens with zero attached hydrogens (tertiary/aromatic N) is 1. The zero-order valence-electron chi connectivity index (χ0n) is 11.2. The number of benzene rings is 1. The van der Waals surface area contributed by atoms with Gasteiger partial charge in [0, 0.05) is 26.1 Å². The quantitative estimate of drug-likeness (QED) is 0.838. The van der Waals surface area contributed by atoms with Crippen LogP contribution in [0.4, 0.5) is 4.79 Å². The van der Waals surface area contributed by atoms with Gasteiger partial charge in [0.2, 0.25) is 5.91 Å². The van der Waals surface area contributed by atoms with E-state index in [1.165, 1.54) is 0 Å². The largest absolute Gasteiger partial charge is 0.445 e. The first-order valence-corrected chi connectivity index (χ1v) is 6.63. The lowest BCUT2D eigenvalue weighted by Gasteiger charge is -2.34. The highest BCUT2D eigenvalue weighted by atomic mass is 16.6. The van der Waals surface area contributed by atoms with Gasteiger partial charge in [0.1, 0.15) is 6.61 Å². The molecule has 108 valence electrons. The number of carbonyl (C=O) groups is 2. The molecule has 1 aromatic carbocycles. The van der Waals surface area contributed by atoms with Gasteiger partial charge in [-0.05, 0) is 5.56 Å². The van der Waals surface area contributed by atoms with Gasteiger partial charge in [-0.3, -0.25) is 4.79 Å². The normalized spacial score (nSPS) is 18.6. The average Bonchev–Trinajstić information content (AvgIpc) is 2.46. The van der Waals surface area contributed by atoms with E-state index in [1.807, 2.05) is 30.3 Å². The number of carbonyl (C=O) groups excluding carboxylic acids is 2. The van der Waals surface area contributed by atoms with Crippen molar-refractivity contribution in [1.29, 1.82) is 0 Å². The van der Waals surface area contributed by atoms with Crippen molar-refractivity contribution in [3.63, 3.8) is 0 Å². The highest BCUT2D eigenvalue weighted by Gasteiger charge is 2.28.